The molecule has 3 aromatic heterocycles. The number of imidazole rings is 1. The third kappa shape index (κ3) is 2.83. The number of aromatic nitrogens is 6. The number of rotatable bonds is 4. The van der Waals surface area contributed by atoms with E-state index < -0.39 is 11.6 Å². The van der Waals surface area contributed by atoms with Gasteiger partial charge in [-0.25, -0.2) is 18.7 Å². The highest BCUT2D eigenvalue weighted by atomic mass is 19.2. The van der Waals surface area contributed by atoms with Gasteiger partial charge in [0.1, 0.15) is 12.9 Å². The maximum absolute atomic E-state index is 13.5. The average Bonchev–Trinajstić information content (AvgIpc) is 3.18. The molecule has 1 unspecified atom stereocenters. The Kier molecular flexibility index (Phi) is 3.77. The van der Waals surface area contributed by atoms with E-state index in [1.165, 1.54) is 17.0 Å². The first kappa shape index (κ1) is 18.2. The van der Waals surface area contributed by atoms with Crippen molar-refractivity contribution in [2.45, 2.75) is 12.5 Å². The smallest absolute Gasteiger partial charge is 0.280 e. The van der Waals surface area contributed by atoms with Crippen LogP contribution in [0.2, 0.25) is 0 Å². The van der Waals surface area contributed by atoms with Crippen LogP contribution in [0.4, 0.5) is 14.5 Å². The molecular formula is C20H17F2N7O2. The number of halogens is 2. The topological polar surface area (TPSA) is 94.9 Å². The summed E-state index contributed by atoms with van der Waals surface area (Å²) < 4.78 is 35.1. The SMILES string of the molecule is Cn1cnc2ncn(Cc3nc(C4[C@H]5CN(c6ccc(F)c(F)c6)C[C@@H]45)no3)c(=O)c21. The number of hydrogen-bond acceptors (Lipinski definition) is 7. The third-order valence-electron chi connectivity index (χ3n) is 6.25. The Balaban J connectivity index is 1.16. The Hall–Kier alpha value is -3.63. The number of benzene rings is 1. The molecule has 4 heterocycles. The molecule has 2 fully saturated rings. The minimum absolute atomic E-state index is 0.128. The summed E-state index contributed by atoms with van der Waals surface area (Å²) in [5, 5.41) is 4.11. The fourth-order valence-corrected chi connectivity index (χ4v) is 4.60. The van der Waals surface area contributed by atoms with Crippen LogP contribution in [0.3, 0.4) is 0 Å². The van der Waals surface area contributed by atoms with Crippen LogP contribution >= 0.6 is 0 Å². The molecule has 158 valence electrons. The van der Waals surface area contributed by atoms with Crippen LogP contribution in [-0.4, -0.2) is 42.3 Å². The number of aryl methyl sites for hydroxylation is 1. The van der Waals surface area contributed by atoms with E-state index in [2.05, 4.69) is 20.1 Å². The van der Waals surface area contributed by atoms with Gasteiger partial charge in [-0.3, -0.25) is 9.36 Å². The molecule has 6 rings (SSSR count). The fraction of sp³-hybridized carbons (Fsp3) is 0.350. The molecule has 3 atom stereocenters. The van der Waals surface area contributed by atoms with Crippen LogP contribution in [0.1, 0.15) is 17.6 Å². The summed E-state index contributed by atoms with van der Waals surface area (Å²) in [6, 6.07) is 3.97. The molecule has 1 saturated carbocycles. The first-order valence-electron chi connectivity index (χ1n) is 9.88. The number of anilines is 1. The van der Waals surface area contributed by atoms with E-state index in [9.17, 15) is 13.6 Å². The van der Waals surface area contributed by atoms with Crippen molar-refractivity contribution >= 4 is 16.9 Å². The molecule has 1 aromatic carbocycles. The van der Waals surface area contributed by atoms with Crippen LogP contribution in [0.25, 0.3) is 11.2 Å². The predicted molar refractivity (Wildman–Crippen MR) is 104 cm³/mol. The third-order valence-corrected chi connectivity index (χ3v) is 6.25. The molecule has 1 saturated heterocycles. The normalized spacial score (nSPS) is 22.3. The van der Waals surface area contributed by atoms with E-state index in [1.807, 2.05) is 4.90 Å². The molecule has 0 spiro atoms. The monoisotopic (exact) mass is 425 g/mol. The molecule has 0 N–H and O–H groups in total. The van der Waals surface area contributed by atoms with Crippen molar-refractivity contribution in [1.29, 1.82) is 0 Å². The number of nitrogens with zero attached hydrogens (tertiary/aromatic N) is 7. The van der Waals surface area contributed by atoms with Gasteiger partial charge >= 0.3 is 0 Å². The molecule has 1 aliphatic carbocycles. The van der Waals surface area contributed by atoms with Gasteiger partial charge in [-0.1, -0.05) is 5.16 Å². The second kappa shape index (κ2) is 6.43. The summed E-state index contributed by atoms with van der Waals surface area (Å²) in [5.41, 5.74) is 1.26. The molecular weight excluding hydrogens is 408 g/mol. The van der Waals surface area contributed by atoms with Crippen LogP contribution in [0.5, 0.6) is 0 Å². The molecule has 11 heteroatoms. The Bertz CT molecular complexity index is 1370. The van der Waals surface area contributed by atoms with Crippen molar-refractivity contribution in [3.63, 3.8) is 0 Å². The first-order chi connectivity index (χ1) is 15.0. The van der Waals surface area contributed by atoms with Crippen LogP contribution < -0.4 is 10.5 Å². The Morgan fingerprint density at radius 1 is 1.13 bits per heavy atom. The summed E-state index contributed by atoms with van der Waals surface area (Å²) in [4.78, 5) is 27.5. The fourth-order valence-electron chi connectivity index (χ4n) is 4.60. The number of hydrogen-bond donors (Lipinski definition) is 0. The zero-order valence-corrected chi connectivity index (χ0v) is 16.4. The van der Waals surface area contributed by atoms with E-state index >= 15 is 0 Å². The van der Waals surface area contributed by atoms with Gasteiger partial charge in [0.2, 0.25) is 5.89 Å². The minimum atomic E-state index is -0.845. The van der Waals surface area contributed by atoms with Crippen molar-refractivity contribution < 1.29 is 13.3 Å². The summed E-state index contributed by atoms with van der Waals surface area (Å²) in [7, 11) is 1.74. The van der Waals surface area contributed by atoms with Gasteiger partial charge in [-0.05, 0) is 24.0 Å². The highest BCUT2D eigenvalue weighted by Gasteiger charge is 2.58. The highest BCUT2D eigenvalue weighted by molar-refractivity contribution is 5.68. The molecule has 4 aromatic rings. The van der Waals surface area contributed by atoms with Crippen molar-refractivity contribution in [1.82, 2.24) is 29.2 Å². The lowest BCUT2D eigenvalue weighted by atomic mass is 10.2. The quantitative estimate of drug-likeness (QED) is 0.491. The van der Waals surface area contributed by atoms with Gasteiger partial charge in [-0.15, -0.1) is 0 Å². The lowest BCUT2D eigenvalue weighted by Gasteiger charge is -2.21. The zero-order chi connectivity index (χ0) is 21.3. The summed E-state index contributed by atoms with van der Waals surface area (Å²) in [5.74, 6) is 0.130. The van der Waals surface area contributed by atoms with Crippen molar-refractivity contribution in [3.05, 3.63) is 64.6 Å². The van der Waals surface area contributed by atoms with Crippen LogP contribution in [-0.2, 0) is 13.6 Å². The summed E-state index contributed by atoms with van der Waals surface area (Å²) >= 11 is 0. The van der Waals surface area contributed by atoms with Gasteiger partial charge in [0.05, 0.1) is 6.33 Å². The van der Waals surface area contributed by atoms with Gasteiger partial charge in [0, 0.05) is 37.8 Å². The minimum Gasteiger partial charge on any atom is -0.371 e. The largest absolute Gasteiger partial charge is 0.371 e. The molecule has 1 aliphatic heterocycles. The maximum Gasteiger partial charge on any atom is 0.280 e. The summed E-state index contributed by atoms with van der Waals surface area (Å²) in [6.07, 6.45) is 2.97. The zero-order valence-electron chi connectivity index (χ0n) is 16.4. The lowest BCUT2D eigenvalue weighted by Crippen LogP contribution is -2.24. The highest BCUT2D eigenvalue weighted by Crippen LogP contribution is 2.57. The Morgan fingerprint density at radius 2 is 1.90 bits per heavy atom. The Morgan fingerprint density at radius 3 is 2.68 bits per heavy atom. The van der Waals surface area contributed by atoms with E-state index in [1.54, 1.807) is 24.0 Å². The summed E-state index contributed by atoms with van der Waals surface area (Å²) in [6.45, 7) is 1.58. The second-order valence-electron chi connectivity index (χ2n) is 8.11. The number of piperidine rings is 1. The van der Waals surface area contributed by atoms with Crippen molar-refractivity contribution in [2.75, 3.05) is 18.0 Å². The van der Waals surface area contributed by atoms with Gasteiger partial charge in [0.15, 0.2) is 28.6 Å². The molecule has 0 amide bonds. The Labute approximate surface area is 173 Å². The van der Waals surface area contributed by atoms with Crippen LogP contribution in [0.15, 0.2) is 40.2 Å². The van der Waals surface area contributed by atoms with Crippen molar-refractivity contribution in [3.8, 4) is 0 Å². The van der Waals surface area contributed by atoms with Gasteiger partial charge in [-0.2, -0.15) is 4.98 Å². The standard InChI is InChI=1S/C20H17F2N7O2/c1-27-8-23-19-17(27)20(30)29(9-24-19)7-15-25-18(26-31-15)16-11-5-28(6-12(11)16)10-2-3-13(21)14(22)4-10/h2-4,8-9,11-12,16H,5-7H2,1H3/t11-,12+,16?. The van der Waals surface area contributed by atoms with E-state index in [0.717, 1.165) is 19.2 Å². The molecule has 0 bridgehead atoms. The number of fused-ring (bicyclic) bond motifs is 2. The van der Waals surface area contributed by atoms with E-state index in [-0.39, 0.29) is 18.0 Å². The predicted octanol–water partition coefficient (Wildman–Crippen LogP) is 1.69. The van der Waals surface area contributed by atoms with Gasteiger partial charge < -0.3 is 14.0 Å². The molecule has 31 heavy (non-hydrogen) atoms. The first-order valence-corrected chi connectivity index (χ1v) is 9.88. The molecule has 9 nitrogen and oxygen atoms in total. The second-order valence-corrected chi connectivity index (χ2v) is 8.11. The van der Waals surface area contributed by atoms with Crippen molar-refractivity contribution in [2.24, 2.45) is 18.9 Å². The average molecular weight is 425 g/mol. The van der Waals surface area contributed by atoms with Gasteiger partial charge in [0.25, 0.3) is 5.56 Å². The lowest BCUT2D eigenvalue weighted by molar-refractivity contribution is 0.363. The van der Waals surface area contributed by atoms with Crippen LogP contribution in [0, 0.1) is 23.5 Å². The van der Waals surface area contributed by atoms with E-state index in [4.69, 9.17) is 4.52 Å². The molecule has 2 aliphatic rings. The maximum atomic E-state index is 13.5. The molecule has 0 radical (unpaired) electrons. The van der Waals surface area contributed by atoms with E-state index in [0.29, 0.717) is 40.4 Å².